The van der Waals surface area contributed by atoms with Crippen molar-refractivity contribution in [2.75, 3.05) is 7.11 Å². The third-order valence-corrected chi connectivity index (χ3v) is 12.2. The number of benzene rings is 1. The number of rotatable bonds is 5. The molecule has 40 heavy (non-hydrogen) atoms. The molecule has 4 saturated carbocycles. The maximum Gasteiger partial charge on any atom is 0.309 e. The minimum absolute atomic E-state index is 0.00906. The number of carbonyl (C=O) groups excluding carboxylic acids is 2. The Bertz CT molecular complexity index is 1140. The lowest BCUT2D eigenvalue weighted by Gasteiger charge is -2.58. The minimum atomic E-state index is -0.163. The van der Waals surface area contributed by atoms with E-state index in [1.807, 2.05) is 12.1 Å². The molecule has 6 rings (SSSR count). The molecule has 4 fully saturated rings. The van der Waals surface area contributed by atoms with Crippen molar-refractivity contribution in [3.8, 4) is 5.75 Å². The molecule has 1 aromatic carbocycles. The van der Waals surface area contributed by atoms with Crippen molar-refractivity contribution in [3.05, 3.63) is 41.5 Å². The Labute approximate surface area is 240 Å². The van der Waals surface area contributed by atoms with Crippen molar-refractivity contribution in [1.82, 2.24) is 0 Å². The van der Waals surface area contributed by atoms with Gasteiger partial charge in [0.2, 0.25) is 0 Å². The Morgan fingerprint density at radius 2 is 1.65 bits per heavy atom. The molecule has 9 atom stereocenters. The van der Waals surface area contributed by atoms with Crippen LogP contribution < -0.4 is 4.74 Å². The fourth-order valence-corrected chi connectivity index (χ4v) is 10.1. The van der Waals surface area contributed by atoms with Gasteiger partial charge in [-0.25, -0.2) is 0 Å². The van der Waals surface area contributed by atoms with Crippen LogP contribution in [0.25, 0.3) is 0 Å². The van der Waals surface area contributed by atoms with Gasteiger partial charge in [-0.2, -0.15) is 0 Å². The highest BCUT2D eigenvalue weighted by atomic mass is 16.5. The van der Waals surface area contributed by atoms with Gasteiger partial charge in [0.25, 0.3) is 0 Å². The quantitative estimate of drug-likeness (QED) is 0.278. The molecule has 5 nitrogen and oxygen atoms in total. The summed E-state index contributed by atoms with van der Waals surface area (Å²) in [5.41, 5.74) is 3.01. The summed E-state index contributed by atoms with van der Waals surface area (Å²) in [7, 11) is 1.70. The van der Waals surface area contributed by atoms with Gasteiger partial charge in [-0.15, -0.1) is 0 Å². The lowest BCUT2D eigenvalue weighted by molar-refractivity contribution is -0.164. The molecule has 0 N–H and O–H groups in total. The normalized spacial score (nSPS) is 40.6. The maximum atomic E-state index is 13.9. The van der Waals surface area contributed by atoms with Crippen molar-refractivity contribution in [2.45, 2.75) is 116 Å². The predicted molar refractivity (Wildman–Crippen MR) is 155 cm³/mol. The maximum absolute atomic E-state index is 13.9. The molecule has 5 aliphatic carbocycles. The van der Waals surface area contributed by atoms with Crippen LogP contribution >= 0.6 is 0 Å². The highest BCUT2D eigenvalue weighted by Crippen LogP contribution is 2.66. The van der Waals surface area contributed by atoms with E-state index in [0.29, 0.717) is 17.8 Å². The highest BCUT2D eigenvalue weighted by Gasteiger charge is 2.60. The Morgan fingerprint density at radius 3 is 2.40 bits per heavy atom. The number of allylic oxidation sites excluding steroid dienone is 1. The number of hydrogen-bond acceptors (Lipinski definition) is 5. The van der Waals surface area contributed by atoms with E-state index in [-0.39, 0.29) is 46.8 Å². The monoisotopic (exact) mass is 548 g/mol. The van der Waals surface area contributed by atoms with E-state index in [1.165, 1.54) is 30.9 Å². The number of hydrogen-bond donors (Lipinski definition) is 0. The smallest absolute Gasteiger partial charge is 0.309 e. The molecular formula is C35H48O5. The number of fused-ring (bicyclic) bond motifs is 5. The van der Waals surface area contributed by atoms with Crippen molar-refractivity contribution < 1.29 is 23.8 Å². The molecule has 1 aromatic rings. The molecule has 0 heterocycles. The van der Waals surface area contributed by atoms with E-state index in [9.17, 15) is 9.59 Å². The van der Waals surface area contributed by atoms with E-state index in [1.54, 1.807) is 7.11 Å². The summed E-state index contributed by atoms with van der Waals surface area (Å²) < 4.78 is 17.5. The van der Waals surface area contributed by atoms with Crippen LogP contribution in [0.2, 0.25) is 0 Å². The van der Waals surface area contributed by atoms with E-state index in [4.69, 9.17) is 14.2 Å². The Morgan fingerprint density at radius 1 is 0.875 bits per heavy atom. The fraction of sp³-hybridized carbons (Fsp3) is 0.714. The van der Waals surface area contributed by atoms with Gasteiger partial charge >= 0.3 is 11.9 Å². The van der Waals surface area contributed by atoms with Crippen molar-refractivity contribution in [1.29, 1.82) is 0 Å². The van der Waals surface area contributed by atoms with E-state index in [2.05, 4.69) is 32.1 Å². The van der Waals surface area contributed by atoms with Gasteiger partial charge in [0, 0.05) is 19.3 Å². The number of carbonyl (C=O) groups is 2. The van der Waals surface area contributed by atoms with Crippen LogP contribution in [-0.4, -0.2) is 31.3 Å². The second kappa shape index (κ2) is 10.8. The summed E-state index contributed by atoms with van der Waals surface area (Å²) in [4.78, 5) is 25.5. The van der Waals surface area contributed by atoms with E-state index in [0.717, 1.165) is 70.0 Å². The van der Waals surface area contributed by atoms with Gasteiger partial charge in [0.1, 0.15) is 18.0 Å². The molecule has 0 amide bonds. The van der Waals surface area contributed by atoms with E-state index < -0.39 is 0 Å². The highest BCUT2D eigenvalue weighted by molar-refractivity contribution is 5.74. The lowest BCUT2D eigenvalue weighted by atomic mass is 9.47. The SMILES string of the molecule is COc1ccc([C@H]2CCCC[C@@H]2OC(=O)[C@H]2CC[C@H]3[C@@H]4CC=C5C[C@@H](OC(C)=O)CC[C@]5(C)[C@H]4CC[C@]23C)cc1. The van der Waals surface area contributed by atoms with Gasteiger partial charge in [0.15, 0.2) is 0 Å². The van der Waals surface area contributed by atoms with Crippen LogP contribution in [0.3, 0.4) is 0 Å². The van der Waals surface area contributed by atoms with Crippen molar-refractivity contribution in [2.24, 2.45) is 34.5 Å². The molecule has 0 unspecified atom stereocenters. The lowest BCUT2D eigenvalue weighted by Crippen LogP contribution is -2.51. The predicted octanol–water partition coefficient (Wildman–Crippen LogP) is 7.78. The van der Waals surface area contributed by atoms with Crippen LogP contribution in [0.1, 0.15) is 109 Å². The zero-order chi connectivity index (χ0) is 28.1. The van der Waals surface area contributed by atoms with Crippen LogP contribution in [0.15, 0.2) is 35.9 Å². The van der Waals surface area contributed by atoms with Crippen LogP contribution in [0.4, 0.5) is 0 Å². The molecule has 0 bridgehead atoms. The zero-order valence-corrected chi connectivity index (χ0v) is 25.0. The molecular weight excluding hydrogens is 500 g/mol. The van der Waals surface area contributed by atoms with Crippen molar-refractivity contribution >= 4 is 11.9 Å². The molecule has 0 saturated heterocycles. The summed E-state index contributed by atoms with van der Waals surface area (Å²) in [6, 6.07) is 8.35. The Balaban J connectivity index is 1.16. The van der Waals surface area contributed by atoms with Crippen LogP contribution in [0.5, 0.6) is 5.75 Å². The first kappa shape index (κ1) is 27.8. The summed E-state index contributed by atoms with van der Waals surface area (Å²) in [5, 5.41) is 0. The third-order valence-electron chi connectivity index (χ3n) is 12.2. The first-order valence-electron chi connectivity index (χ1n) is 15.9. The average molecular weight is 549 g/mol. The largest absolute Gasteiger partial charge is 0.497 e. The average Bonchev–Trinajstić information content (AvgIpc) is 3.31. The van der Waals surface area contributed by atoms with Gasteiger partial charge in [-0.3, -0.25) is 9.59 Å². The summed E-state index contributed by atoms with van der Waals surface area (Å²) in [5.74, 6) is 2.92. The van der Waals surface area contributed by atoms with Crippen LogP contribution in [-0.2, 0) is 19.1 Å². The fourth-order valence-electron chi connectivity index (χ4n) is 10.1. The number of methoxy groups -OCH3 is 1. The van der Waals surface area contributed by atoms with Gasteiger partial charge < -0.3 is 14.2 Å². The zero-order valence-electron chi connectivity index (χ0n) is 25.0. The third kappa shape index (κ3) is 4.79. The van der Waals surface area contributed by atoms with Gasteiger partial charge in [0.05, 0.1) is 13.0 Å². The molecule has 5 heteroatoms. The Hall–Kier alpha value is -2.30. The topological polar surface area (TPSA) is 61.8 Å². The Kier molecular flexibility index (Phi) is 7.54. The second-order valence-electron chi connectivity index (χ2n) is 14.0. The molecule has 0 radical (unpaired) electrons. The first-order chi connectivity index (χ1) is 19.2. The number of esters is 2. The standard InChI is InChI=1S/C35H48O5/c1-22(36)39-26-17-19-34(2)24(21-26)11-14-28-29-15-16-31(35(29,3)20-18-30(28)34)33(37)40-32-8-6-5-7-27(32)23-9-12-25(38-4)13-10-23/h9-13,26-32H,5-8,14-21H2,1-4H3/t26-,27+,28-,29-,30-,31+,32-,34-,35-/m0/s1. The molecule has 0 spiro atoms. The first-order valence-corrected chi connectivity index (χ1v) is 15.9. The number of ether oxygens (including phenoxy) is 3. The van der Waals surface area contributed by atoms with E-state index >= 15 is 0 Å². The summed E-state index contributed by atoms with van der Waals surface area (Å²) >= 11 is 0. The minimum Gasteiger partial charge on any atom is -0.497 e. The molecule has 5 aliphatic rings. The summed E-state index contributed by atoms with van der Waals surface area (Å²) in [6.07, 6.45) is 15.3. The summed E-state index contributed by atoms with van der Waals surface area (Å²) in [6.45, 7) is 6.41. The molecule has 0 aliphatic heterocycles. The van der Waals surface area contributed by atoms with Gasteiger partial charge in [-0.1, -0.05) is 44.1 Å². The van der Waals surface area contributed by atoms with Gasteiger partial charge in [-0.05, 0) is 110 Å². The van der Waals surface area contributed by atoms with Crippen LogP contribution in [0, 0.1) is 34.5 Å². The van der Waals surface area contributed by atoms with Crippen molar-refractivity contribution in [3.63, 3.8) is 0 Å². The molecule has 0 aromatic heterocycles. The molecule has 218 valence electrons. The second-order valence-corrected chi connectivity index (χ2v) is 14.0.